The van der Waals surface area contributed by atoms with Crippen LogP contribution in [0.2, 0.25) is 0 Å². The predicted octanol–water partition coefficient (Wildman–Crippen LogP) is 3.30. The number of hydrogen-bond donors (Lipinski definition) is 0. The number of esters is 1. The lowest BCUT2D eigenvalue weighted by Crippen LogP contribution is -2.41. The van der Waals surface area contributed by atoms with Gasteiger partial charge in [0.15, 0.2) is 4.80 Å². The van der Waals surface area contributed by atoms with Crippen LogP contribution in [0, 0.1) is 0 Å². The molecule has 0 spiro atoms. The maximum atomic E-state index is 14.1. The molecule has 2 aromatic carbocycles. The third-order valence-corrected chi connectivity index (χ3v) is 7.87. The van der Waals surface area contributed by atoms with Crippen molar-refractivity contribution in [3.8, 4) is 5.75 Å². The van der Waals surface area contributed by atoms with Gasteiger partial charge in [-0.3, -0.25) is 14.2 Å². The number of fused-ring (bicyclic) bond motifs is 2. The van der Waals surface area contributed by atoms with Gasteiger partial charge in [-0.15, -0.1) is 0 Å². The summed E-state index contributed by atoms with van der Waals surface area (Å²) < 4.78 is 13.4. The molecule has 1 atom stereocenters. The lowest BCUT2D eigenvalue weighted by atomic mass is 9.95. The number of amides is 1. The number of allylic oxidation sites excluding steroid dienone is 1. The summed E-state index contributed by atoms with van der Waals surface area (Å²) in [4.78, 5) is 47.2. The first-order valence-electron chi connectivity index (χ1n) is 11.6. The standard InChI is InChI=1S/C27H24BrN3O5S/c1-13(2)36-26(34)20-14(3)29-27-31(22(20)15-6-9-17(35-5)10-7-15)25(33)23(37-27)21-18-12-16(28)8-11-19(18)30(4)24(21)32/h6-13,22H,1-5H3/b23-21-/t22-/m0/s1. The number of benzene rings is 2. The van der Waals surface area contributed by atoms with E-state index in [1.54, 1.807) is 47.1 Å². The maximum Gasteiger partial charge on any atom is 0.338 e. The van der Waals surface area contributed by atoms with Crippen molar-refractivity contribution in [1.29, 1.82) is 0 Å². The first-order chi connectivity index (χ1) is 17.6. The fraction of sp³-hybridized carbons (Fsp3) is 0.259. The molecule has 8 nitrogen and oxygen atoms in total. The van der Waals surface area contributed by atoms with Crippen LogP contribution in [0.15, 0.2) is 68.0 Å². The van der Waals surface area contributed by atoms with E-state index in [-0.39, 0.29) is 22.1 Å². The number of aromatic nitrogens is 1. The van der Waals surface area contributed by atoms with Crippen molar-refractivity contribution in [3.05, 3.63) is 89.0 Å². The molecule has 0 saturated heterocycles. The van der Waals surface area contributed by atoms with Crippen LogP contribution in [-0.4, -0.2) is 36.7 Å². The monoisotopic (exact) mass is 581 g/mol. The topological polar surface area (TPSA) is 90.2 Å². The zero-order valence-electron chi connectivity index (χ0n) is 20.9. The fourth-order valence-corrected chi connectivity index (χ4v) is 6.12. The Hall–Kier alpha value is -3.50. The summed E-state index contributed by atoms with van der Waals surface area (Å²) in [5.41, 5.74) is 2.76. The quantitative estimate of drug-likeness (QED) is 0.441. The minimum absolute atomic E-state index is 0.269. The Morgan fingerprint density at radius 2 is 1.84 bits per heavy atom. The van der Waals surface area contributed by atoms with Crippen LogP contribution in [0.4, 0.5) is 5.69 Å². The molecule has 2 aliphatic heterocycles. The molecule has 3 aromatic rings. The number of carbonyl (C=O) groups is 2. The third-order valence-electron chi connectivity index (χ3n) is 6.33. The molecule has 3 heterocycles. The summed E-state index contributed by atoms with van der Waals surface area (Å²) in [5, 5.41) is 0. The Balaban J connectivity index is 1.81. The Morgan fingerprint density at radius 3 is 2.49 bits per heavy atom. The van der Waals surface area contributed by atoms with Crippen molar-refractivity contribution in [2.24, 2.45) is 4.99 Å². The van der Waals surface area contributed by atoms with E-state index < -0.39 is 17.6 Å². The highest BCUT2D eigenvalue weighted by Gasteiger charge is 2.36. The van der Waals surface area contributed by atoms with E-state index in [9.17, 15) is 14.4 Å². The van der Waals surface area contributed by atoms with Gasteiger partial charge in [0.2, 0.25) is 0 Å². The lowest BCUT2D eigenvalue weighted by molar-refractivity contribution is -0.143. The zero-order valence-corrected chi connectivity index (χ0v) is 23.3. The molecule has 0 fully saturated rings. The highest BCUT2D eigenvalue weighted by Crippen LogP contribution is 2.36. The van der Waals surface area contributed by atoms with Gasteiger partial charge in [0.25, 0.3) is 11.5 Å². The summed E-state index contributed by atoms with van der Waals surface area (Å²) in [7, 11) is 3.25. The molecule has 37 heavy (non-hydrogen) atoms. The van der Waals surface area contributed by atoms with Crippen LogP contribution in [0.3, 0.4) is 0 Å². The van der Waals surface area contributed by atoms with E-state index >= 15 is 0 Å². The minimum atomic E-state index is -0.779. The van der Waals surface area contributed by atoms with Crippen molar-refractivity contribution >= 4 is 50.4 Å². The second-order valence-corrected chi connectivity index (χ2v) is 10.9. The Morgan fingerprint density at radius 1 is 1.14 bits per heavy atom. The largest absolute Gasteiger partial charge is 0.497 e. The number of ether oxygens (including phenoxy) is 2. The Bertz CT molecular complexity index is 1670. The van der Waals surface area contributed by atoms with Crippen molar-refractivity contribution < 1.29 is 19.1 Å². The minimum Gasteiger partial charge on any atom is -0.497 e. The molecule has 0 N–H and O–H groups in total. The molecule has 1 amide bonds. The average molecular weight is 582 g/mol. The van der Waals surface area contributed by atoms with Gasteiger partial charge < -0.3 is 14.4 Å². The van der Waals surface area contributed by atoms with E-state index in [4.69, 9.17) is 9.47 Å². The smallest absolute Gasteiger partial charge is 0.338 e. The van der Waals surface area contributed by atoms with Crippen LogP contribution in [0.5, 0.6) is 5.75 Å². The molecular formula is C27H24BrN3O5S. The molecule has 0 bridgehead atoms. The molecule has 2 aliphatic rings. The van der Waals surface area contributed by atoms with Crippen molar-refractivity contribution in [1.82, 2.24) is 4.57 Å². The van der Waals surface area contributed by atoms with Gasteiger partial charge in [0, 0.05) is 17.1 Å². The van der Waals surface area contributed by atoms with Crippen LogP contribution in [-0.2, 0) is 14.3 Å². The van der Waals surface area contributed by atoms with Crippen LogP contribution in [0.25, 0.3) is 5.57 Å². The summed E-state index contributed by atoms with van der Waals surface area (Å²) in [5.74, 6) is -0.164. The molecule has 0 saturated carbocycles. The second kappa shape index (κ2) is 9.42. The number of halogens is 1. The third kappa shape index (κ3) is 4.14. The van der Waals surface area contributed by atoms with Crippen molar-refractivity contribution in [3.63, 3.8) is 0 Å². The van der Waals surface area contributed by atoms with E-state index in [1.807, 2.05) is 30.3 Å². The number of methoxy groups -OCH3 is 1. The fourth-order valence-electron chi connectivity index (χ4n) is 4.62. The first-order valence-corrected chi connectivity index (χ1v) is 13.2. The van der Waals surface area contributed by atoms with Gasteiger partial charge in [-0.2, -0.15) is 0 Å². The number of thiazole rings is 1. The Kier molecular flexibility index (Phi) is 6.41. The van der Waals surface area contributed by atoms with Crippen molar-refractivity contribution in [2.45, 2.75) is 32.9 Å². The maximum absolute atomic E-state index is 14.1. The van der Waals surface area contributed by atoms with E-state index in [2.05, 4.69) is 20.9 Å². The number of likely N-dealkylation sites (N-methyl/N-ethyl adjacent to an activating group) is 1. The summed E-state index contributed by atoms with van der Waals surface area (Å²) in [6.45, 7) is 5.27. The number of rotatable bonds is 4. The van der Waals surface area contributed by atoms with Gasteiger partial charge in [0.1, 0.15) is 10.3 Å². The SMILES string of the molecule is COc1ccc([C@H]2C(C(=O)OC(C)C)=C(C)N=c3s/c(=C4\C(=O)N(C)c5ccc(Br)cc54)c(=O)n32)cc1. The molecular weight excluding hydrogens is 558 g/mol. The number of anilines is 1. The average Bonchev–Trinajstić information content (AvgIpc) is 3.29. The van der Waals surface area contributed by atoms with E-state index in [0.717, 1.165) is 21.5 Å². The van der Waals surface area contributed by atoms with Gasteiger partial charge in [-0.05, 0) is 56.7 Å². The summed E-state index contributed by atoms with van der Waals surface area (Å²) >= 11 is 4.62. The normalized spacial score (nSPS) is 18.1. The van der Waals surface area contributed by atoms with Gasteiger partial charge in [-0.25, -0.2) is 9.79 Å². The van der Waals surface area contributed by atoms with Crippen LogP contribution >= 0.6 is 27.3 Å². The first kappa shape index (κ1) is 25.2. The highest BCUT2D eigenvalue weighted by atomic mass is 79.9. The summed E-state index contributed by atoms with van der Waals surface area (Å²) in [6.07, 6.45) is -0.349. The molecule has 1 aromatic heterocycles. The molecule has 0 aliphatic carbocycles. The van der Waals surface area contributed by atoms with Crippen LogP contribution < -0.4 is 24.5 Å². The highest BCUT2D eigenvalue weighted by molar-refractivity contribution is 9.10. The summed E-state index contributed by atoms with van der Waals surface area (Å²) in [6, 6.07) is 11.9. The lowest BCUT2D eigenvalue weighted by Gasteiger charge is -2.25. The number of carbonyl (C=O) groups excluding carboxylic acids is 2. The number of hydrogen-bond acceptors (Lipinski definition) is 7. The van der Waals surface area contributed by atoms with E-state index in [0.29, 0.717) is 32.9 Å². The molecule has 0 radical (unpaired) electrons. The van der Waals surface area contributed by atoms with Gasteiger partial charge >= 0.3 is 5.97 Å². The van der Waals surface area contributed by atoms with E-state index in [1.165, 1.54) is 9.47 Å². The van der Waals surface area contributed by atoms with Gasteiger partial charge in [0.05, 0.1) is 41.8 Å². The molecule has 190 valence electrons. The second-order valence-electron chi connectivity index (χ2n) is 9.03. The van der Waals surface area contributed by atoms with Crippen LogP contribution in [0.1, 0.15) is 37.9 Å². The zero-order chi connectivity index (χ0) is 26.6. The molecule has 0 unspecified atom stereocenters. The van der Waals surface area contributed by atoms with Crippen molar-refractivity contribution in [2.75, 3.05) is 19.1 Å². The number of nitrogens with zero attached hydrogens (tertiary/aromatic N) is 3. The predicted molar refractivity (Wildman–Crippen MR) is 144 cm³/mol. The molecule has 5 rings (SSSR count). The Labute approximate surface area is 225 Å². The van der Waals surface area contributed by atoms with Gasteiger partial charge in [-0.1, -0.05) is 39.4 Å². The molecule has 10 heteroatoms.